The van der Waals surface area contributed by atoms with Crippen molar-refractivity contribution in [2.75, 3.05) is 20.8 Å². The third-order valence-electron chi connectivity index (χ3n) is 9.05. The molecule has 0 aliphatic heterocycles. The third-order valence-corrected chi connectivity index (χ3v) is 9.05. The molecule has 44 heavy (non-hydrogen) atoms. The monoisotopic (exact) mass is 609 g/mol. The number of esters is 1. The highest BCUT2D eigenvalue weighted by Crippen LogP contribution is 2.50. The van der Waals surface area contributed by atoms with Gasteiger partial charge in [-0.05, 0) is 96.4 Å². The van der Waals surface area contributed by atoms with Crippen LogP contribution in [0.3, 0.4) is 0 Å². The van der Waals surface area contributed by atoms with Crippen molar-refractivity contribution in [1.29, 1.82) is 0 Å². The van der Waals surface area contributed by atoms with Gasteiger partial charge in [-0.3, -0.25) is 14.9 Å². The molecule has 0 radical (unpaired) electrons. The summed E-state index contributed by atoms with van der Waals surface area (Å²) in [6.45, 7) is 3.70. The van der Waals surface area contributed by atoms with Crippen LogP contribution in [-0.4, -0.2) is 60.2 Å². The molecular weight excluding hydrogens is 562 g/mol. The highest BCUT2D eigenvalue weighted by atomic mass is 16.5. The van der Waals surface area contributed by atoms with Gasteiger partial charge in [0, 0.05) is 26.3 Å². The van der Waals surface area contributed by atoms with Crippen LogP contribution in [0, 0.1) is 11.8 Å². The lowest BCUT2D eigenvalue weighted by atomic mass is 9.69. The number of fused-ring (bicyclic) bond motifs is 2. The highest BCUT2D eigenvalue weighted by molar-refractivity contribution is 5.82. The number of nitrogens with one attached hydrogen (secondary N) is 1. The molecule has 240 valence electrons. The lowest BCUT2D eigenvalue weighted by Crippen LogP contribution is -2.29. The van der Waals surface area contributed by atoms with Crippen molar-refractivity contribution in [3.8, 4) is 23.0 Å². The summed E-state index contributed by atoms with van der Waals surface area (Å²) >= 11 is 0. The van der Waals surface area contributed by atoms with Crippen LogP contribution >= 0.6 is 0 Å². The van der Waals surface area contributed by atoms with E-state index < -0.39 is 18.3 Å². The Hall–Kier alpha value is -3.56. The van der Waals surface area contributed by atoms with Gasteiger partial charge in [-0.1, -0.05) is 31.9 Å². The summed E-state index contributed by atoms with van der Waals surface area (Å²) in [5.41, 5.74) is 3.73. The molecule has 9 nitrogen and oxygen atoms in total. The molecule has 4 N–H and O–H groups in total. The van der Waals surface area contributed by atoms with Gasteiger partial charge < -0.3 is 29.5 Å². The number of aromatic hydroxyl groups is 2. The number of allylic oxidation sites excluding steroid dienone is 1. The van der Waals surface area contributed by atoms with Crippen molar-refractivity contribution in [3.05, 3.63) is 53.1 Å². The van der Waals surface area contributed by atoms with E-state index in [0.717, 1.165) is 47.9 Å². The van der Waals surface area contributed by atoms with Crippen molar-refractivity contribution in [2.45, 2.75) is 89.9 Å². The van der Waals surface area contributed by atoms with Crippen LogP contribution in [0.2, 0.25) is 0 Å². The molecule has 2 aliphatic carbocycles. The lowest BCUT2D eigenvalue weighted by Gasteiger charge is -2.35. The molecule has 1 saturated carbocycles. The van der Waals surface area contributed by atoms with E-state index in [1.165, 1.54) is 21.1 Å². The fourth-order valence-corrected chi connectivity index (χ4v) is 6.82. The summed E-state index contributed by atoms with van der Waals surface area (Å²) < 4.78 is 16.3. The number of aliphatic hydroxyl groups excluding tert-OH is 1. The van der Waals surface area contributed by atoms with Gasteiger partial charge in [0.2, 0.25) is 0 Å². The average molecular weight is 610 g/mol. The number of hydrogen-bond donors (Lipinski definition) is 4. The van der Waals surface area contributed by atoms with Gasteiger partial charge in [0.25, 0.3) is 0 Å². The molecule has 0 amide bonds. The number of benzene rings is 2. The number of carbonyl (C=O) groups is 2. The number of methoxy groups -OCH3 is 2. The largest absolute Gasteiger partial charge is 0.504 e. The van der Waals surface area contributed by atoms with Gasteiger partial charge in [-0.25, -0.2) is 0 Å². The summed E-state index contributed by atoms with van der Waals surface area (Å²) in [7, 11) is 3.01. The number of aliphatic hydroxyl groups is 1. The second-order valence-electron chi connectivity index (χ2n) is 12.1. The maximum atomic E-state index is 13.8. The van der Waals surface area contributed by atoms with Crippen molar-refractivity contribution in [2.24, 2.45) is 11.8 Å². The molecule has 2 aliphatic rings. The minimum absolute atomic E-state index is 0.00910. The Bertz CT molecular complexity index is 1340. The van der Waals surface area contributed by atoms with Crippen LogP contribution in [0.1, 0.15) is 87.8 Å². The zero-order chi connectivity index (χ0) is 31.8. The van der Waals surface area contributed by atoms with E-state index >= 15 is 0 Å². The van der Waals surface area contributed by atoms with Crippen LogP contribution < -0.4 is 14.8 Å². The Morgan fingerprint density at radius 3 is 2.45 bits per heavy atom. The number of phenols is 2. The van der Waals surface area contributed by atoms with E-state index in [2.05, 4.69) is 11.4 Å². The first-order chi connectivity index (χ1) is 21.1. The van der Waals surface area contributed by atoms with Crippen molar-refractivity contribution >= 4 is 17.3 Å². The Balaban J connectivity index is 1.60. The van der Waals surface area contributed by atoms with E-state index in [9.17, 15) is 24.9 Å². The first kappa shape index (κ1) is 33.3. The molecule has 9 heteroatoms. The molecule has 2 aromatic carbocycles. The van der Waals surface area contributed by atoms with E-state index in [-0.39, 0.29) is 47.9 Å². The Kier molecular flexibility index (Phi) is 11.7. The normalized spacial score (nSPS) is 20.8. The molecule has 5 atom stereocenters. The third kappa shape index (κ3) is 8.33. The summed E-state index contributed by atoms with van der Waals surface area (Å²) in [5, 5.41) is 34.1. The van der Waals surface area contributed by atoms with E-state index in [1.54, 1.807) is 24.3 Å². The van der Waals surface area contributed by atoms with Gasteiger partial charge in [-0.2, -0.15) is 0 Å². The predicted molar refractivity (Wildman–Crippen MR) is 168 cm³/mol. The topological polar surface area (TPSA) is 135 Å². The number of phenolic OH excluding ortho intramolecular Hbond substituents is 2. The van der Waals surface area contributed by atoms with E-state index in [1.807, 2.05) is 13.0 Å². The van der Waals surface area contributed by atoms with Crippen molar-refractivity contribution in [1.82, 2.24) is 5.32 Å². The standard InChI is InChI=1S/C35H47NO8/c1-5-35(41)36-20-24-15-23-8-6-7-9-27(23)29(30-19-34(43-4)32(40)18-28(24)30)17-25(38)16-26(44-21(2)37)12-10-22-11-13-31(39)33(14-22)42-3/h11,13-15,18-19,23,26-27,29,35-36,39-41H,5-10,12,16-17,20H2,1-4H3/t23-,26+,27-,29+,35+/m0/s1. The van der Waals surface area contributed by atoms with Crippen molar-refractivity contribution < 1.29 is 39.1 Å². The maximum Gasteiger partial charge on any atom is 0.302 e. The Morgan fingerprint density at radius 2 is 1.75 bits per heavy atom. The summed E-state index contributed by atoms with van der Waals surface area (Å²) in [6.07, 6.45) is 7.17. The number of carbonyl (C=O) groups excluding carboxylic acids is 2. The van der Waals surface area contributed by atoms with E-state index in [0.29, 0.717) is 37.3 Å². The summed E-state index contributed by atoms with van der Waals surface area (Å²) in [5.74, 6) is 0.753. The SMILES string of the molecule is CC[C@@H](O)NCC1=C[C@@H]2CCCC[C@@H]2[C@@H](CC(=O)C[C@@H](CCc2ccc(O)c(OC)c2)OC(C)=O)c2cc(OC)c(O)cc21. The first-order valence-corrected chi connectivity index (χ1v) is 15.7. The second kappa shape index (κ2) is 15.4. The molecule has 0 heterocycles. The Labute approximate surface area is 260 Å². The van der Waals surface area contributed by atoms with Gasteiger partial charge in [0.1, 0.15) is 18.1 Å². The zero-order valence-corrected chi connectivity index (χ0v) is 26.3. The zero-order valence-electron chi connectivity index (χ0n) is 26.3. The van der Waals surface area contributed by atoms with Crippen LogP contribution in [0.15, 0.2) is 36.4 Å². The number of Topliss-reactive ketones (excluding diaryl/α,β-unsaturated/α-hetero) is 1. The highest BCUT2D eigenvalue weighted by Gasteiger charge is 2.38. The molecule has 0 saturated heterocycles. The van der Waals surface area contributed by atoms with Crippen LogP contribution in [-0.2, 0) is 20.7 Å². The smallest absolute Gasteiger partial charge is 0.302 e. The maximum absolute atomic E-state index is 13.8. The van der Waals surface area contributed by atoms with Gasteiger partial charge in [-0.15, -0.1) is 0 Å². The quantitative estimate of drug-likeness (QED) is 0.159. The number of aryl methyl sites for hydroxylation is 1. The lowest BCUT2D eigenvalue weighted by molar-refractivity contribution is -0.147. The Morgan fingerprint density at radius 1 is 1.02 bits per heavy atom. The van der Waals surface area contributed by atoms with Gasteiger partial charge >= 0.3 is 5.97 Å². The van der Waals surface area contributed by atoms with Gasteiger partial charge in [0.05, 0.1) is 14.2 Å². The first-order valence-electron chi connectivity index (χ1n) is 15.7. The van der Waals surface area contributed by atoms with Crippen LogP contribution in [0.4, 0.5) is 0 Å². The van der Waals surface area contributed by atoms with Crippen LogP contribution in [0.5, 0.6) is 23.0 Å². The number of rotatable bonds is 14. The van der Waals surface area contributed by atoms with E-state index in [4.69, 9.17) is 14.2 Å². The summed E-state index contributed by atoms with van der Waals surface area (Å²) in [4.78, 5) is 25.8. The molecule has 0 bridgehead atoms. The molecule has 0 spiro atoms. The molecule has 0 aromatic heterocycles. The number of ketones is 1. The molecule has 0 unspecified atom stereocenters. The molecule has 4 rings (SSSR count). The average Bonchev–Trinajstić information content (AvgIpc) is 3.12. The molecule has 2 aromatic rings. The fourth-order valence-electron chi connectivity index (χ4n) is 6.82. The molecule has 1 fully saturated rings. The molecular formula is C35H47NO8. The number of ether oxygens (including phenoxy) is 3. The summed E-state index contributed by atoms with van der Waals surface area (Å²) in [6, 6.07) is 8.69. The second-order valence-corrected chi connectivity index (χ2v) is 12.1. The minimum atomic E-state index is -0.644. The van der Waals surface area contributed by atoms with Crippen LogP contribution in [0.25, 0.3) is 5.57 Å². The minimum Gasteiger partial charge on any atom is -0.504 e. The van der Waals surface area contributed by atoms with Gasteiger partial charge in [0.15, 0.2) is 23.0 Å². The number of hydrogen-bond acceptors (Lipinski definition) is 9. The van der Waals surface area contributed by atoms with Crippen molar-refractivity contribution in [3.63, 3.8) is 0 Å². The predicted octanol–water partition coefficient (Wildman–Crippen LogP) is 5.63. The fraction of sp³-hybridized carbons (Fsp3) is 0.543.